The normalized spacial score (nSPS) is 23.0. The second-order valence-corrected chi connectivity index (χ2v) is 23.8. The molecule has 0 saturated heterocycles. The Morgan fingerprint density at radius 1 is 0.500 bits per heavy atom. The second kappa shape index (κ2) is 19.0. The number of nitrogens with zero attached hydrogens (tertiary/aromatic N) is 2. The van der Waals surface area contributed by atoms with Crippen LogP contribution in [0.3, 0.4) is 0 Å². The molecular weight excluding hydrogens is 965 g/mol. The molecule has 0 amide bonds. The zero-order valence-electron chi connectivity index (χ0n) is 45.5. The molecule has 0 N–H and O–H groups in total. The van der Waals surface area contributed by atoms with Gasteiger partial charge in [0, 0.05) is 34.4 Å². The van der Waals surface area contributed by atoms with Crippen LogP contribution >= 0.6 is 0 Å². The highest BCUT2D eigenvalue weighted by atomic mass is 15.2. The summed E-state index contributed by atoms with van der Waals surface area (Å²) in [4.78, 5) is 5.10. The summed E-state index contributed by atoms with van der Waals surface area (Å²) < 4.78 is 0. The lowest BCUT2D eigenvalue weighted by Crippen LogP contribution is -2.36. The van der Waals surface area contributed by atoms with Crippen LogP contribution in [0.15, 0.2) is 282 Å². The van der Waals surface area contributed by atoms with Crippen molar-refractivity contribution in [1.29, 1.82) is 0 Å². The highest BCUT2D eigenvalue weighted by Gasteiger charge is 2.55. The zero-order valence-corrected chi connectivity index (χ0v) is 45.5. The quantitative estimate of drug-likeness (QED) is 0.150. The van der Waals surface area contributed by atoms with Crippen molar-refractivity contribution in [2.45, 2.75) is 75.7 Å². The maximum absolute atomic E-state index is 2.66. The number of fused-ring (bicyclic) bond motifs is 11. The summed E-state index contributed by atoms with van der Waals surface area (Å²) in [6, 6.07) is 67.8. The first-order valence-corrected chi connectivity index (χ1v) is 29.5. The van der Waals surface area contributed by atoms with Crippen LogP contribution in [0.5, 0.6) is 0 Å². The molecule has 8 aromatic rings. The number of hydrogen-bond donors (Lipinski definition) is 0. The van der Waals surface area contributed by atoms with Crippen molar-refractivity contribution in [3.05, 3.63) is 310 Å². The minimum absolute atomic E-state index is 0.270. The number of benzene rings is 8. The summed E-state index contributed by atoms with van der Waals surface area (Å²) in [5, 5.41) is 4.99. The summed E-state index contributed by atoms with van der Waals surface area (Å²) >= 11 is 0. The molecule has 2 heteroatoms. The highest BCUT2D eigenvalue weighted by Crippen LogP contribution is 2.66. The molecule has 8 aliphatic carbocycles. The van der Waals surface area contributed by atoms with Gasteiger partial charge in [-0.1, -0.05) is 201 Å². The Labute approximate surface area is 471 Å². The Kier molecular flexibility index (Phi) is 11.2. The van der Waals surface area contributed by atoms with Crippen molar-refractivity contribution in [3.63, 3.8) is 0 Å². The van der Waals surface area contributed by atoms with Gasteiger partial charge in [0.2, 0.25) is 0 Å². The molecular formula is C78H64N2. The molecule has 0 radical (unpaired) electrons. The topological polar surface area (TPSA) is 6.48 Å². The Morgan fingerprint density at radius 3 is 2.01 bits per heavy atom. The minimum Gasteiger partial charge on any atom is -0.338 e. The van der Waals surface area contributed by atoms with E-state index in [9.17, 15) is 0 Å². The molecule has 8 aromatic carbocycles. The van der Waals surface area contributed by atoms with E-state index in [-0.39, 0.29) is 11.5 Å². The fourth-order valence-electron chi connectivity index (χ4n) is 15.5. The van der Waals surface area contributed by atoms with E-state index in [0.717, 1.165) is 62.7 Å². The second-order valence-electron chi connectivity index (χ2n) is 23.8. The van der Waals surface area contributed by atoms with Crippen LogP contribution in [0.25, 0.3) is 43.8 Å². The van der Waals surface area contributed by atoms with Crippen molar-refractivity contribution in [1.82, 2.24) is 0 Å². The van der Waals surface area contributed by atoms with E-state index < -0.39 is 0 Å². The summed E-state index contributed by atoms with van der Waals surface area (Å²) in [7, 11) is 0. The van der Waals surface area contributed by atoms with Gasteiger partial charge in [0.1, 0.15) is 0 Å². The molecule has 0 bridgehead atoms. The molecule has 2 nitrogen and oxygen atoms in total. The number of anilines is 4. The first kappa shape index (κ1) is 47.3. The van der Waals surface area contributed by atoms with Crippen LogP contribution in [-0.4, -0.2) is 6.04 Å². The average Bonchev–Trinajstić information content (AvgIpc) is 4.09. The number of allylic oxidation sites excluding steroid dienone is 18. The van der Waals surface area contributed by atoms with Crippen molar-refractivity contribution in [2.24, 2.45) is 11.8 Å². The van der Waals surface area contributed by atoms with E-state index in [1.807, 2.05) is 0 Å². The van der Waals surface area contributed by atoms with Crippen molar-refractivity contribution < 1.29 is 0 Å². The highest BCUT2D eigenvalue weighted by molar-refractivity contribution is 5.97. The van der Waals surface area contributed by atoms with Gasteiger partial charge >= 0.3 is 0 Å². The fourth-order valence-corrected chi connectivity index (χ4v) is 15.5. The maximum Gasteiger partial charge on any atom is 0.0682 e. The molecule has 80 heavy (non-hydrogen) atoms. The third-order valence-electron chi connectivity index (χ3n) is 19.3. The summed E-state index contributed by atoms with van der Waals surface area (Å²) in [6.07, 6.45) is 37.0. The Balaban J connectivity index is 0.761. The van der Waals surface area contributed by atoms with E-state index >= 15 is 0 Å². The first-order valence-electron chi connectivity index (χ1n) is 29.5. The summed E-state index contributed by atoms with van der Waals surface area (Å²) in [5.41, 5.74) is 26.3. The van der Waals surface area contributed by atoms with Crippen LogP contribution in [-0.2, 0) is 5.41 Å². The van der Waals surface area contributed by atoms with Crippen molar-refractivity contribution >= 4 is 55.4 Å². The fraction of sp³-hybridized carbons (Fsp3) is 0.179. The van der Waals surface area contributed by atoms with Crippen molar-refractivity contribution in [2.75, 3.05) is 9.80 Å². The van der Waals surface area contributed by atoms with E-state index in [1.54, 1.807) is 22.3 Å². The van der Waals surface area contributed by atoms with Gasteiger partial charge in [-0.05, 0) is 218 Å². The predicted molar refractivity (Wildman–Crippen MR) is 337 cm³/mol. The van der Waals surface area contributed by atoms with Crippen LogP contribution in [0.1, 0.15) is 92.0 Å². The van der Waals surface area contributed by atoms with Gasteiger partial charge in [0.25, 0.3) is 0 Å². The van der Waals surface area contributed by atoms with Gasteiger partial charge in [-0.2, -0.15) is 0 Å². The zero-order chi connectivity index (χ0) is 52.9. The molecule has 5 atom stereocenters. The standard InChI is InChI=1S/C78H64N2/c1-51-22-43-75-73(44-51)70-20-10-11-21-74(70)78(75)76-49-62(56-23-33-64(34-24-56)79(66-37-27-52-12-2-6-16-58(52)45-66)67-38-28-53-13-3-7-17-59(53)46-67)31-41-71(76)72-42-32-63(50-77(72)78)57-25-35-65(36-26-57)80(68-39-29-54-14-4-8-18-60(54)47-68)69-40-30-55-15-5-9-19-61(55)48-69/h2-8,10-18,20-30,32-40,42-43,45-46,50-51,60,62,69H,9,19,31,41,44,47-49H2,1H3. The maximum atomic E-state index is 2.66. The third-order valence-corrected chi connectivity index (χ3v) is 19.3. The summed E-state index contributed by atoms with van der Waals surface area (Å²) in [5.74, 6) is 1.30. The lowest BCUT2D eigenvalue weighted by Gasteiger charge is -2.39. The van der Waals surface area contributed by atoms with Gasteiger partial charge in [0.15, 0.2) is 0 Å². The van der Waals surface area contributed by atoms with E-state index in [2.05, 4.69) is 266 Å². The van der Waals surface area contributed by atoms with Gasteiger partial charge in [-0.3, -0.25) is 0 Å². The van der Waals surface area contributed by atoms with E-state index in [1.165, 1.54) is 94.3 Å². The third kappa shape index (κ3) is 7.66. The summed E-state index contributed by atoms with van der Waals surface area (Å²) in [6.45, 7) is 2.39. The number of hydrogen-bond acceptors (Lipinski definition) is 2. The molecule has 8 aliphatic rings. The molecule has 0 aliphatic heterocycles. The predicted octanol–water partition coefficient (Wildman–Crippen LogP) is 20.3. The van der Waals surface area contributed by atoms with Gasteiger partial charge in [-0.15, -0.1) is 0 Å². The molecule has 0 saturated carbocycles. The molecule has 0 heterocycles. The molecule has 0 aromatic heterocycles. The SMILES string of the molecule is CC1C=CC2=C(C1)c1ccccc1C21C2=C(CCC(c3ccc(N(c4ccc5ccccc5c4)c4ccc5ccccc5c4)cc3)C2)c2ccc(-c3ccc(N(C4=CC=C5C=CC=CC5C4)C4C=CC5=C(CCC=C5)C4)cc3)cc21. The molecule has 16 rings (SSSR count). The monoisotopic (exact) mass is 1030 g/mol. The van der Waals surface area contributed by atoms with Crippen LogP contribution in [0.4, 0.5) is 22.7 Å². The molecule has 1 spiro atoms. The lowest BCUT2D eigenvalue weighted by atomic mass is 9.64. The van der Waals surface area contributed by atoms with Crippen LogP contribution in [0, 0.1) is 11.8 Å². The van der Waals surface area contributed by atoms with Crippen LogP contribution in [0.2, 0.25) is 0 Å². The van der Waals surface area contributed by atoms with Gasteiger partial charge < -0.3 is 9.80 Å². The molecule has 5 unspecified atom stereocenters. The first-order chi connectivity index (χ1) is 39.5. The van der Waals surface area contributed by atoms with Crippen molar-refractivity contribution in [3.8, 4) is 11.1 Å². The van der Waals surface area contributed by atoms with E-state index in [4.69, 9.17) is 0 Å². The minimum atomic E-state index is -0.334. The smallest absolute Gasteiger partial charge is 0.0682 e. The average molecular weight is 1030 g/mol. The lowest BCUT2D eigenvalue weighted by molar-refractivity contribution is 0.565. The molecule has 386 valence electrons. The van der Waals surface area contributed by atoms with E-state index in [0.29, 0.717) is 17.8 Å². The van der Waals surface area contributed by atoms with Gasteiger partial charge in [-0.25, -0.2) is 0 Å². The van der Waals surface area contributed by atoms with Gasteiger partial charge in [0.05, 0.1) is 11.5 Å². The Bertz CT molecular complexity index is 4140. The number of rotatable bonds is 8. The molecule has 0 fully saturated rings. The Hall–Kier alpha value is -8.72. The largest absolute Gasteiger partial charge is 0.338 e. The van der Waals surface area contributed by atoms with Crippen LogP contribution < -0.4 is 9.80 Å². The Morgan fingerprint density at radius 2 is 1.21 bits per heavy atom.